The molecular formula is C13H18N2O2. The summed E-state index contributed by atoms with van der Waals surface area (Å²) in [5.41, 5.74) is 6.22. The quantitative estimate of drug-likeness (QED) is 0.811. The molecule has 1 amide bonds. The smallest absolute Gasteiger partial charge is 0.232 e. The van der Waals surface area contributed by atoms with Crippen molar-refractivity contribution in [3.8, 4) is 0 Å². The van der Waals surface area contributed by atoms with Crippen LogP contribution in [0.5, 0.6) is 0 Å². The largest absolute Gasteiger partial charge is 0.379 e. The van der Waals surface area contributed by atoms with Crippen LogP contribution in [0.3, 0.4) is 0 Å². The van der Waals surface area contributed by atoms with Crippen LogP contribution >= 0.6 is 0 Å². The fourth-order valence-electron chi connectivity index (χ4n) is 1.86. The van der Waals surface area contributed by atoms with Gasteiger partial charge in [0.15, 0.2) is 0 Å². The fourth-order valence-corrected chi connectivity index (χ4v) is 1.86. The van der Waals surface area contributed by atoms with Crippen LogP contribution in [-0.4, -0.2) is 25.7 Å². The van der Waals surface area contributed by atoms with Gasteiger partial charge in [-0.05, 0) is 12.5 Å². The number of amides is 1. The molecule has 92 valence electrons. The molecule has 3 N–H and O–H groups in total. The van der Waals surface area contributed by atoms with E-state index < -0.39 is 5.41 Å². The zero-order valence-corrected chi connectivity index (χ0v) is 9.98. The van der Waals surface area contributed by atoms with Crippen molar-refractivity contribution in [1.82, 2.24) is 5.32 Å². The van der Waals surface area contributed by atoms with Crippen molar-refractivity contribution in [1.29, 1.82) is 0 Å². The number of rotatable bonds is 4. The lowest BCUT2D eigenvalue weighted by molar-refractivity contribution is -0.160. The molecule has 4 heteroatoms. The molecule has 1 saturated heterocycles. The van der Waals surface area contributed by atoms with Crippen molar-refractivity contribution < 1.29 is 9.53 Å². The first-order valence-electron chi connectivity index (χ1n) is 5.82. The average Bonchev–Trinajstić information content (AvgIpc) is 2.29. The standard InChI is InChI=1S/C13H18N2O2/c1-10(11-5-3-2-4-6-11)15-12(16)13(7-14)8-17-9-13/h2-6,10H,7-9,14H2,1H3,(H,15,16). The highest BCUT2D eigenvalue weighted by Gasteiger charge is 2.44. The molecule has 1 aliphatic heterocycles. The van der Waals surface area contributed by atoms with Crippen molar-refractivity contribution in [3.63, 3.8) is 0 Å². The molecule has 1 aliphatic rings. The minimum absolute atomic E-state index is 0.00674. The van der Waals surface area contributed by atoms with Crippen LogP contribution in [-0.2, 0) is 9.53 Å². The maximum atomic E-state index is 12.1. The van der Waals surface area contributed by atoms with Crippen LogP contribution in [0.25, 0.3) is 0 Å². The summed E-state index contributed by atoms with van der Waals surface area (Å²) >= 11 is 0. The molecule has 4 nitrogen and oxygen atoms in total. The Hall–Kier alpha value is -1.39. The van der Waals surface area contributed by atoms with Gasteiger partial charge in [-0.3, -0.25) is 4.79 Å². The zero-order chi connectivity index (χ0) is 12.3. The van der Waals surface area contributed by atoms with Crippen molar-refractivity contribution in [2.75, 3.05) is 19.8 Å². The van der Waals surface area contributed by atoms with Crippen LogP contribution < -0.4 is 11.1 Å². The number of hydrogen-bond donors (Lipinski definition) is 2. The van der Waals surface area contributed by atoms with Gasteiger partial charge in [0.25, 0.3) is 0 Å². The van der Waals surface area contributed by atoms with Crippen LogP contribution in [0.1, 0.15) is 18.5 Å². The van der Waals surface area contributed by atoms with Crippen molar-refractivity contribution in [3.05, 3.63) is 35.9 Å². The molecule has 17 heavy (non-hydrogen) atoms. The summed E-state index contributed by atoms with van der Waals surface area (Å²) in [6.45, 7) is 3.16. The molecule has 0 radical (unpaired) electrons. The van der Waals surface area contributed by atoms with Crippen LogP contribution in [0, 0.1) is 5.41 Å². The Bertz CT molecular complexity index is 382. The summed E-state index contributed by atoms with van der Waals surface area (Å²) in [5.74, 6) is -0.0115. The first-order valence-corrected chi connectivity index (χ1v) is 5.82. The molecule has 0 saturated carbocycles. The van der Waals surface area contributed by atoms with E-state index in [1.165, 1.54) is 0 Å². The minimum Gasteiger partial charge on any atom is -0.379 e. The molecule has 1 atom stereocenters. The van der Waals surface area contributed by atoms with E-state index in [2.05, 4.69) is 5.32 Å². The molecule has 1 aromatic rings. The van der Waals surface area contributed by atoms with E-state index >= 15 is 0 Å². The van der Waals surface area contributed by atoms with Crippen molar-refractivity contribution in [2.45, 2.75) is 13.0 Å². The maximum absolute atomic E-state index is 12.1. The number of nitrogens with two attached hydrogens (primary N) is 1. The third-order valence-electron chi connectivity index (χ3n) is 3.28. The predicted molar refractivity (Wildman–Crippen MR) is 65.3 cm³/mol. The lowest BCUT2D eigenvalue weighted by atomic mass is 9.84. The second-order valence-electron chi connectivity index (χ2n) is 4.58. The van der Waals surface area contributed by atoms with Gasteiger partial charge in [-0.25, -0.2) is 0 Å². The number of hydrogen-bond acceptors (Lipinski definition) is 3. The third-order valence-corrected chi connectivity index (χ3v) is 3.28. The topological polar surface area (TPSA) is 64.4 Å². The van der Waals surface area contributed by atoms with E-state index in [1.807, 2.05) is 37.3 Å². The van der Waals surface area contributed by atoms with E-state index in [4.69, 9.17) is 10.5 Å². The summed E-state index contributed by atoms with van der Waals surface area (Å²) in [5, 5.41) is 2.99. The van der Waals surface area contributed by atoms with Gasteiger partial charge < -0.3 is 15.8 Å². The number of nitrogens with one attached hydrogen (secondary N) is 1. The summed E-state index contributed by atoms with van der Waals surface area (Å²) in [6.07, 6.45) is 0. The summed E-state index contributed by atoms with van der Waals surface area (Å²) in [6, 6.07) is 9.87. The van der Waals surface area contributed by atoms with E-state index in [1.54, 1.807) is 0 Å². The SMILES string of the molecule is CC(NC(=O)C1(CN)COC1)c1ccccc1. The van der Waals surface area contributed by atoms with Gasteiger partial charge in [0, 0.05) is 6.54 Å². The molecule has 0 spiro atoms. The Morgan fingerprint density at radius 2 is 2.12 bits per heavy atom. The number of ether oxygens (including phenoxy) is 1. The Morgan fingerprint density at radius 3 is 2.59 bits per heavy atom. The highest BCUT2D eigenvalue weighted by Crippen LogP contribution is 2.27. The highest BCUT2D eigenvalue weighted by molar-refractivity contribution is 5.84. The third kappa shape index (κ3) is 2.33. The highest BCUT2D eigenvalue weighted by atomic mass is 16.5. The van der Waals surface area contributed by atoms with Gasteiger partial charge in [0.05, 0.1) is 19.3 Å². The van der Waals surface area contributed by atoms with E-state index in [-0.39, 0.29) is 11.9 Å². The fraction of sp³-hybridized carbons (Fsp3) is 0.462. The minimum atomic E-state index is -0.511. The Labute approximate surface area is 101 Å². The maximum Gasteiger partial charge on any atom is 0.232 e. The van der Waals surface area contributed by atoms with Crippen LogP contribution in [0.2, 0.25) is 0 Å². The predicted octanol–water partition coefficient (Wildman–Crippen LogP) is 0.839. The monoisotopic (exact) mass is 234 g/mol. The van der Waals surface area contributed by atoms with Gasteiger partial charge in [-0.15, -0.1) is 0 Å². The van der Waals surface area contributed by atoms with E-state index in [0.717, 1.165) is 5.56 Å². The first kappa shape index (κ1) is 12.1. The van der Waals surface area contributed by atoms with E-state index in [0.29, 0.717) is 19.8 Å². The van der Waals surface area contributed by atoms with Crippen LogP contribution in [0.4, 0.5) is 0 Å². The molecule has 1 aromatic carbocycles. The van der Waals surface area contributed by atoms with E-state index in [9.17, 15) is 4.79 Å². The molecule has 0 bridgehead atoms. The Balaban J connectivity index is 1.99. The number of carbonyl (C=O) groups excluding carboxylic acids is 1. The molecule has 1 fully saturated rings. The van der Waals surface area contributed by atoms with Crippen LogP contribution in [0.15, 0.2) is 30.3 Å². The lowest BCUT2D eigenvalue weighted by Crippen LogP contribution is -2.58. The second kappa shape index (κ2) is 4.85. The van der Waals surface area contributed by atoms with Gasteiger partial charge >= 0.3 is 0 Å². The first-order chi connectivity index (χ1) is 8.18. The van der Waals surface area contributed by atoms with Gasteiger partial charge in [-0.2, -0.15) is 0 Å². The molecule has 0 aliphatic carbocycles. The van der Waals surface area contributed by atoms with Gasteiger partial charge in [-0.1, -0.05) is 30.3 Å². The molecule has 1 heterocycles. The van der Waals surface area contributed by atoms with Gasteiger partial charge in [0.2, 0.25) is 5.91 Å². The summed E-state index contributed by atoms with van der Waals surface area (Å²) in [7, 11) is 0. The molecular weight excluding hydrogens is 216 g/mol. The lowest BCUT2D eigenvalue weighted by Gasteiger charge is -2.39. The average molecular weight is 234 g/mol. The van der Waals surface area contributed by atoms with Gasteiger partial charge in [0.1, 0.15) is 5.41 Å². The Kier molecular flexibility index (Phi) is 3.45. The number of carbonyl (C=O) groups is 1. The van der Waals surface area contributed by atoms with Crippen molar-refractivity contribution >= 4 is 5.91 Å². The zero-order valence-electron chi connectivity index (χ0n) is 9.98. The summed E-state index contributed by atoms with van der Waals surface area (Å²) < 4.78 is 5.10. The number of benzene rings is 1. The second-order valence-corrected chi connectivity index (χ2v) is 4.58. The Morgan fingerprint density at radius 1 is 1.47 bits per heavy atom. The van der Waals surface area contributed by atoms with Crippen molar-refractivity contribution in [2.24, 2.45) is 11.1 Å². The summed E-state index contributed by atoms with van der Waals surface area (Å²) in [4.78, 5) is 12.1. The molecule has 1 unspecified atom stereocenters. The molecule has 0 aromatic heterocycles. The normalized spacial score (nSPS) is 19.2. The molecule has 2 rings (SSSR count).